The van der Waals surface area contributed by atoms with Crippen LogP contribution in [0.25, 0.3) is 16.6 Å². The fourth-order valence-corrected chi connectivity index (χ4v) is 5.73. The lowest BCUT2D eigenvalue weighted by Gasteiger charge is -2.35. The molecule has 0 spiro atoms. The number of hydrogen-bond donors (Lipinski definition) is 2. The van der Waals surface area contributed by atoms with Gasteiger partial charge in [0.25, 0.3) is 0 Å². The number of para-hydroxylation sites is 1. The van der Waals surface area contributed by atoms with Crippen molar-refractivity contribution in [1.82, 2.24) is 9.88 Å². The van der Waals surface area contributed by atoms with Gasteiger partial charge in [-0.3, -0.25) is 4.90 Å². The third-order valence-corrected chi connectivity index (χ3v) is 7.72. The summed E-state index contributed by atoms with van der Waals surface area (Å²) in [4.78, 5) is 7.40. The topological polar surface area (TPSA) is 55.4 Å². The van der Waals surface area contributed by atoms with Gasteiger partial charge < -0.3 is 20.0 Å². The smallest absolute Gasteiger partial charge is 0.416 e. The molecule has 2 N–H and O–H groups in total. The molecule has 8 heteroatoms. The fraction of sp³-hybridized carbons (Fsp3) is 0.324. The normalized spacial score (nSPS) is 15.9. The molecule has 5 rings (SSSR count). The molecule has 0 saturated carbocycles. The van der Waals surface area contributed by atoms with Crippen molar-refractivity contribution in [2.75, 3.05) is 31.6 Å². The van der Waals surface area contributed by atoms with Crippen molar-refractivity contribution in [3.8, 4) is 5.75 Å². The number of ether oxygens (including phenoxy) is 1. The Labute approximate surface area is 245 Å². The summed E-state index contributed by atoms with van der Waals surface area (Å²) >= 11 is 0. The second-order valence-electron chi connectivity index (χ2n) is 11.4. The number of nitrogens with one attached hydrogen (secondary N) is 2. The monoisotopic (exact) mass is 574 g/mol. The molecule has 1 aliphatic heterocycles. The molecule has 1 saturated heterocycles. The van der Waals surface area contributed by atoms with Crippen LogP contribution in [-0.2, 0) is 12.7 Å². The Kier molecular flexibility index (Phi) is 8.45. The number of aryl methyl sites for hydroxylation is 1. The minimum absolute atomic E-state index is 0.144. The van der Waals surface area contributed by atoms with Crippen molar-refractivity contribution in [1.29, 1.82) is 5.41 Å². The molecule has 0 radical (unpaired) electrons. The van der Waals surface area contributed by atoms with Crippen molar-refractivity contribution in [2.24, 2.45) is 5.92 Å². The van der Waals surface area contributed by atoms with Crippen LogP contribution in [0.1, 0.15) is 42.5 Å². The van der Waals surface area contributed by atoms with Gasteiger partial charge in [0.15, 0.2) is 0 Å². The zero-order chi connectivity index (χ0) is 30.0. The van der Waals surface area contributed by atoms with Gasteiger partial charge in [-0.2, -0.15) is 13.2 Å². The molecular weight excluding hydrogens is 537 g/mol. The Morgan fingerprint density at radius 2 is 1.81 bits per heavy atom. The van der Waals surface area contributed by atoms with Crippen LogP contribution in [0, 0.1) is 18.3 Å². The SMILES string of the molecule is Cc1cccc(OCC(C)C)c1N(C)/C(=C1/CN(Cc2ccccc2C(F)(F)F)CCC1=N)c1cccc2[nH]ccc12. The third-order valence-electron chi connectivity index (χ3n) is 7.72. The van der Waals surface area contributed by atoms with Gasteiger partial charge >= 0.3 is 6.18 Å². The molecule has 1 aromatic heterocycles. The van der Waals surface area contributed by atoms with Gasteiger partial charge in [0.05, 0.1) is 23.6 Å². The Morgan fingerprint density at radius 1 is 1.05 bits per heavy atom. The van der Waals surface area contributed by atoms with E-state index < -0.39 is 11.7 Å². The summed E-state index contributed by atoms with van der Waals surface area (Å²) in [7, 11) is 1.99. The van der Waals surface area contributed by atoms with Crippen molar-refractivity contribution < 1.29 is 17.9 Å². The predicted molar refractivity (Wildman–Crippen MR) is 164 cm³/mol. The summed E-state index contributed by atoms with van der Waals surface area (Å²) in [6, 6.07) is 19.8. The van der Waals surface area contributed by atoms with Gasteiger partial charge in [0.2, 0.25) is 0 Å². The van der Waals surface area contributed by atoms with Crippen LogP contribution in [0.5, 0.6) is 5.75 Å². The molecule has 4 aromatic rings. The molecule has 3 aromatic carbocycles. The van der Waals surface area contributed by atoms with Gasteiger partial charge in [-0.1, -0.05) is 56.3 Å². The van der Waals surface area contributed by atoms with Crippen LogP contribution in [0.15, 0.2) is 78.5 Å². The lowest BCUT2D eigenvalue weighted by atomic mass is 9.93. The van der Waals surface area contributed by atoms with E-state index in [0.29, 0.717) is 37.7 Å². The van der Waals surface area contributed by atoms with E-state index >= 15 is 0 Å². The van der Waals surface area contributed by atoms with Crippen molar-refractivity contribution in [3.63, 3.8) is 0 Å². The summed E-state index contributed by atoms with van der Waals surface area (Å²) in [6.07, 6.45) is -2.09. The molecular formula is C34H37F3N4O. The number of aromatic nitrogens is 1. The number of anilines is 1. The molecule has 220 valence electrons. The van der Waals surface area contributed by atoms with Gasteiger partial charge in [0, 0.05) is 67.1 Å². The zero-order valence-corrected chi connectivity index (χ0v) is 24.5. The molecule has 1 fully saturated rings. The quantitative estimate of drug-likeness (QED) is 0.223. The van der Waals surface area contributed by atoms with E-state index in [2.05, 4.69) is 23.7 Å². The highest BCUT2D eigenvalue weighted by Crippen LogP contribution is 2.40. The van der Waals surface area contributed by atoms with Gasteiger partial charge in [-0.15, -0.1) is 0 Å². The number of benzene rings is 3. The van der Waals surface area contributed by atoms with E-state index in [4.69, 9.17) is 10.1 Å². The first-order chi connectivity index (χ1) is 20.0. The lowest BCUT2D eigenvalue weighted by molar-refractivity contribution is -0.138. The van der Waals surface area contributed by atoms with E-state index in [1.807, 2.05) is 67.5 Å². The Balaban J connectivity index is 1.64. The van der Waals surface area contributed by atoms with E-state index in [1.165, 1.54) is 6.07 Å². The number of likely N-dealkylation sites (tertiary alicyclic amines) is 1. The molecule has 2 heterocycles. The van der Waals surface area contributed by atoms with Crippen LogP contribution >= 0.6 is 0 Å². The van der Waals surface area contributed by atoms with E-state index in [-0.39, 0.29) is 12.1 Å². The highest BCUT2D eigenvalue weighted by atomic mass is 19.4. The summed E-state index contributed by atoms with van der Waals surface area (Å²) in [5.41, 5.74) is 5.61. The maximum Gasteiger partial charge on any atom is 0.416 e. The second kappa shape index (κ2) is 12.1. The van der Waals surface area contributed by atoms with E-state index in [1.54, 1.807) is 12.1 Å². The van der Waals surface area contributed by atoms with Crippen molar-refractivity contribution >= 4 is 28.0 Å². The second-order valence-corrected chi connectivity index (χ2v) is 11.4. The summed E-state index contributed by atoms with van der Waals surface area (Å²) in [6.45, 7) is 7.81. The minimum Gasteiger partial charge on any atom is -0.491 e. The summed E-state index contributed by atoms with van der Waals surface area (Å²) < 4.78 is 47.7. The van der Waals surface area contributed by atoms with Crippen molar-refractivity contribution in [3.05, 3.63) is 101 Å². The molecule has 0 amide bonds. The van der Waals surface area contributed by atoms with E-state index in [9.17, 15) is 13.2 Å². The van der Waals surface area contributed by atoms with E-state index in [0.717, 1.165) is 50.8 Å². The van der Waals surface area contributed by atoms with Gasteiger partial charge in [-0.25, -0.2) is 0 Å². The van der Waals surface area contributed by atoms with Crippen molar-refractivity contribution in [2.45, 2.75) is 39.9 Å². The summed E-state index contributed by atoms with van der Waals surface area (Å²) in [5, 5.41) is 10.1. The molecule has 42 heavy (non-hydrogen) atoms. The maximum atomic E-state index is 13.8. The van der Waals surface area contributed by atoms with Gasteiger partial charge in [0.1, 0.15) is 5.75 Å². The number of H-pyrrole nitrogens is 1. The zero-order valence-electron chi connectivity index (χ0n) is 24.5. The number of aromatic amines is 1. The third kappa shape index (κ3) is 6.09. The fourth-order valence-electron chi connectivity index (χ4n) is 5.73. The predicted octanol–water partition coefficient (Wildman–Crippen LogP) is 8.30. The Morgan fingerprint density at radius 3 is 2.57 bits per heavy atom. The molecule has 0 atom stereocenters. The van der Waals surface area contributed by atoms with Crippen LogP contribution < -0.4 is 9.64 Å². The van der Waals surface area contributed by atoms with Crippen LogP contribution in [0.4, 0.5) is 18.9 Å². The highest BCUT2D eigenvalue weighted by molar-refractivity contribution is 6.10. The number of nitrogens with zero attached hydrogens (tertiary/aromatic N) is 2. The molecule has 0 unspecified atom stereocenters. The first kappa shape index (κ1) is 29.5. The largest absolute Gasteiger partial charge is 0.491 e. The van der Waals surface area contributed by atoms with Crippen LogP contribution in [-0.4, -0.2) is 42.3 Å². The lowest BCUT2D eigenvalue weighted by Crippen LogP contribution is -2.37. The average Bonchev–Trinajstić information content (AvgIpc) is 3.43. The number of fused-ring (bicyclic) bond motifs is 1. The first-order valence-electron chi connectivity index (χ1n) is 14.3. The number of halogens is 3. The molecule has 0 aliphatic carbocycles. The Bertz CT molecular complexity index is 1620. The van der Waals surface area contributed by atoms with Gasteiger partial charge in [-0.05, 0) is 48.2 Å². The number of rotatable bonds is 8. The number of alkyl halides is 3. The average molecular weight is 575 g/mol. The highest BCUT2D eigenvalue weighted by Gasteiger charge is 2.34. The number of piperidine rings is 1. The number of hydrogen-bond acceptors (Lipinski definition) is 4. The minimum atomic E-state index is -4.43. The maximum absolute atomic E-state index is 13.8. The molecule has 5 nitrogen and oxygen atoms in total. The first-order valence-corrected chi connectivity index (χ1v) is 14.3. The standard InChI is InChI=1S/C34H37F3N4O/c1-22(2)21-42-31-14-7-9-23(3)32(31)40(4)33(26-11-8-13-30-25(26)15-17-39-30)27-20-41(18-16-29(27)38)19-24-10-5-6-12-28(24)34(35,36)37/h5-15,17,22,38-39H,16,18-21H2,1-4H3/b33-27-,38-29?. The Hall–Kier alpha value is -4.04. The van der Waals surface area contributed by atoms with Crippen LogP contribution in [0.2, 0.25) is 0 Å². The van der Waals surface area contributed by atoms with Crippen LogP contribution in [0.3, 0.4) is 0 Å². The summed E-state index contributed by atoms with van der Waals surface area (Å²) in [5.74, 6) is 1.10. The molecule has 0 bridgehead atoms. The molecule has 1 aliphatic rings.